The molecule has 3 nitrogen and oxygen atoms in total. The lowest BCUT2D eigenvalue weighted by Crippen LogP contribution is -2.34. The minimum absolute atomic E-state index is 0.320. The van der Waals surface area contributed by atoms with E-state index in [0.29, 0.717) is 5.41 Å². The Labute approximate surface area is 126 Å². The predicted molar refractivity (Wildman–Crippen MR) is 80.3 cm³/mol. The van der Waals surface area contributed by atoms with Crippen LogP contribution < -0.4 is 0 Å². The van der Waals surface area contributed by atoms with E-state index in [-0.39, 0.29) is 0 Å². The Bertz CT molecular complexity index is 411. The lowest BCUT2D eigenvalue weighted by Gasteiger charge is -2.35. The van der Waals surface area contributed by atoms with Crippen molar-refractivity contribution in [2.24, 2.45) is 5.41 Å². The monoisotopic (exact) mass is 378 g/mol. The summed E-state index contributed by atoms with van der Waals surface area (Å²) in [7, 11) is 0. The molecule has 5 heteroatoms. The van der Waals surface area contributed by atoms with E-state index in [1.807, 2.05) is 0 Å². The van der Waals surface area contributed by atoms with E-state index in [4.69, 9.17) is 4.74 Å². The highest BCUT2D eigenvalue weighted by Gasteiger charge is 2.33. The van der Waals surface area contributed by atoms with Gasteiger partial charge in [-0.15, -0.1) is 0 Å². The van der Waals surface area contributed by atoms with Crippen molar-refractivity contribution in [2.45, 2.75) is 39.7 Å². The third-order valence-corrected chi connectivity index (χ3v) is 6.05. The molecule has 0 aliphatic carbocycles. The van der Waals surface area contributed by atoms with Gasteiger partial charge in [0.15, 0.2) is 0 Å². The molecule has 2 heterocycles. The fraction of sp³-hybridized carbons (Fsp3) is 0.769. The first-order chi connectivity index (χ1) is 8.62. The molecule has 102 valence electrons. The number of rotatable bonds is 4. The first kappa shape index (κ1) is 14.5. The largest absolute Gasteiger partial charge is 0.381 e. The quantitative estimate of drug-likeness (QED) is 0.745. The first-order valence-electron chi connectivity index (χ1n) is 6.47. The molecule has 1 aromatic rings. The van der Waals surface area contributed by atoms with Gasteiger partial charge in [-0.1, -0.05) is 15.9 Å². The predicted octanol–water partition coefficient (Wildman–Crippen LogP) is 3.71. The van der Waals surface area contributed by atoms with E-state index in [2.05, 4.69) is 55.5 Å². The molecule has 1 aromatic heterocycles. The fourth-order valence-electron chi connectivity index (χ4n) is 2.56. The van der Waals surface area contributed by atoms with Gasteiger partial charge in [0, 0.05) is 25.1 Å². The van der Waals surface area contributed by atoms with Crippen LogP contribution in [0, 0.1) is 12.3 Å². The van der Waals surface area contributed by atoms with E-state index in [1.165, 1.54) is 10.2 Å². The highest BCUT2D eigenvalue weighted by molar-refractivity contribution is 9.10. The Morgan fingerprint density at radius 2 is 2.06 bits per heavy atom. The molecule has 0 N–H and O–H groups in total. The summed E-state index contributed by atoms with van der Waals surface area (Å²) in [5, 5.41) is 5.61. The summed E-state index contributed by atoms with van der Waals surface area (Å²) >= 11 is 7.40. The molecule has 0 bridgehead atoms. The summed E-state index contributed by atoms with van der Waals surface area (Å²) in [6.45, 7) is 6.89. The molecule has 1 aliphatic heterocycles. The van der Waals surface area contributed by atoms with E-state index in [9.17, 15) is 0 Å². The molecule has 1 aliphatic rings. The first-order valence-corrected chi connectivity index (χ1v) is 8.39. The standard InChI is InChI=1S/C13H20Br2N2O/c1-3-17-11(12(15)10(2)16-17)8-13(9-14)4-6-18-7-5-13/h3-9H2,1-2H3. The van der Waals surface area contributed by atoms with Crippen molar-refractivity contribution in [1.82, 2.24) is 9.78 Å². The van der Waals surface area contributed by atoms with Gasteiger partial charge in [0.05, 0.1) is 15.9 Å². The van der Waals surface area contributed by atoms with Gasteiger partial charge in [-0.2, -0.15) is 5.10 Å². The van der Waals surface area contributed by atoms with Gasteiger partial charge in [-0.3, -0.25) is 4.68 Å². The van der Waals surface area contributed by atoms with Crippen LogP contribution in [0.3, 0.4) is 0 Å². The van der Waals surface area contributed by atoms with Crippen molar-refractivity contribution in [3.8, 4) is 0 Å². The third kappa shape index (κ3) is 2.83. The van der Waals surface area contributed by atoms with Gasteiger partial charge < -0.3 is 4.74 Å². The number of ether oxygens (including phenoxy) is 1. The summed E-state index contributed by atoms with van der Waals surface area (Å²) in [6, 6.07) is 0. The smallest absolute Gasteiger partial charge is 0.0738 e. The van der Waals surface area contributed by atoms with Crippen LogP contribution in [0.2, 0.25) is 0 Å². The summed E-state index contributed by atoms with van der Waals surface area (Å²) < 4.78 is 8.80. The Morgan fingerprint density at radius 1 is 1.39 bits per heavy atom. The third-order valence-electron chi connectivity index (χ3n) is 3.83. The van der Waals surface area contributed by atoms with Crippen LogP contribution in [-0.2, 0) is 17.7 Å². The summed E-state index contributed by atoms with van der Waals surface area (Å²) in [5.41, 5.74) is 2.74. The maximum absolute atomic E-state index is 5.50. The van der Waals surface area contributed by atoms with Crippen LogP contribution in [0.15, 0.2) is 4.47 Å². The van der Waals surface area contributed by atoms with Crippen LogP contribution in [0.1, 0.15) is 31.2 Å². The highest BCUT2D eigenvalue weighted by atomic mass is 79.9. The molecular weight excluding hydrogens is 360 g/mol. The Hall–Kier alpha value is 0.130. The molecular formula is C13H20Br2N2O. The summed E-state index contributed by atoms with van der Waals surface area (Å²) in [4.78, 5) is 0. The maximum atomic E-state index is 5.50. The molecule has 1 saturated heterocycles. The average molecular weight is 380 g/mol. The van der Waals surface area contributed by atoms with Crippen LogP contribution in [0.5, 0.6) is 0 Å². The molecule has 0 atom stereocenters. The van der Waals surface area contributed by atoms with Gasteiger partial charge in [0.1, 0.15) is 0 Å². The van der Waals surface area contributed by atoms with Crippen molar-refractivity contribution in [3.63, 3.8) is 0 Å². The molecule has 0 amide bonds. The average Bonchev–Trinajstić information content (AvgIpc) is 2.67. The van der Waals surface area contributed by atoms with Crippen molar-refractivity contribution < 1.29 is 4.74 Å². The highest BCUT2D eigenvalue weighted by Crippen LogP contribution is 2.38. The number of nitrogens with zero attached hydrogens (tertiary/aromatic N) is 2. The summed E-state index contributed by atoms with van der Waals surface area (Å²) in [6.07, 6.45) is 3.31. The van der Waals surface area contributed by atoms with E-state index < -0.39 is 0 Å². The topological polar surface area (TPSA) is 27.1 Å². The van der Waals surface area contributed by atoms with Crippen LogP contribution in [0.25, 0.3) is 0 Å². The van der Waals surface area contributed by atoms with Gasteiger partial charge >= 0.3 is 0 Å². The second kappa shape index (κ2) is 6.06. The van der Waals surface area contributed by atoms with Crippen molar-refractivity contribution in [2.75, 3.05) is 18.5 Å². The minimum Gasteiger partial charge on any atom is -0.381 e. The number of halogens is 2. The zero-order valence-corrected chi connectivity index (χ0v) is 14.2. The molecule has 0 saturated carbocycles. The Balaban J connectivity index is 2.26. The maximum Gasteiger partial charge on any atom is 0.0738 e. The van der Waals surface area contributed by atoms with Crippen molar-refractivity contribution in [3.05, 3.63) is 15.9 Å². The second-order valence-corrected chi connectivity index (χ2v) is 6.44. The van der Waals surface area contributed by atoms with Crippen molar-refractivity contribution in [1.29, 1.82) is 0 Å². The Morgan fingerprint density at radius 3 is 2.61 bits per heavy atom. The normalized spacial score (nSPS) is 19.1. The van der Waals surface area contributed by atoms with Gasteiger partial charge in [0.25, 0.3) is 0 Å². The van der Waals surface area contributed by atoms with Gasteiger partial charge in [-0.25, -0.2) is 0 Å². The molecule has 0 spiro atoms. The molecule has 1 fully saturated rings. The summed E-state index contributed by atoms with van der Waals surface area (Å²) in [5.74, 6) is 0. The van der Waals surface area contributed by atoms with Crippen LogP contribution in [0.4, 0.5) is 0 Å². The number of aryl methyl sites for hydroxylation is 2. The Kier molecular flexibility index (Phi) is 4.89. The fourth-order valence-corrected chi connectivity index (χ4v) is 3.74. The number of hydrogen-bond acceptors (Lipinski definition) is 2. The number of aromatic nitrogens is 2. The number of hydrogen-bond donors (Lipinski definition) is 0. The molecule has 18 heavy (non-hydrogen) atoms. The number of alkyl halides is 1. The van der Waals surface area contributed by atoms with E-state index in [0.717, 1.165) is 50.0 Å². The minimum atomic E-state index is 0.320. The van der Waals surface area contributed by atoms with Gasteiger partial charge in [-0.05, 0) is 54.5 Å². The molecule has 0 radical (unpaired) electrons. The van der Waals surface area contributed by atoms with E-state index in [1.54, 1.807) is 0 Å². The molecule has 2 rings (SSSR count). The molecule has 0 unspecified atom stereocenters. The zero-order chi connectivity index (χ0) is 13.2. The van der Waals surface area contributed by atoms with Crippen LogP contribution in [-0.4, -0.2) is 28.3 Å². The zero-order valence-electron chi connectivity index (χ0n) is 11.0. The SMILES string of the molecule is CCn1nc(C)c(Br)c1CC1(CBr)CCOCC1. The van der Waals surface area contributed by atoms with Crippen LogP contribution >= 0.6 is 31.9 Å². The lowest BCUT2D eigenvalue weighted by molar-refractivity contribution is 0.0260. The van der Waals surface area contributed by atoms with Gasteiger partial charge in [0.2, 0.25) is 0 Å². The lowest BCUT2D eigenvalue weighted by atomic mass is 9.78. The second-order valence-electron chi connectivity index (χ2n) is 5.08. The molecule has 0 aromatic carbocycles. The van der Waals surface area contributed by atoms with E-state index >= 15 is 0 Å². The van der Waals surface area contributed by atoms with Crippen molar-refractivity contribution >= 4 is 31.9 Å².